The first-order valence-corrected chi connectivity index (χ1v) is 10.9. The normalized spacial score (nSPS) is 11.5. The van der Waals surface area contributed by atoms with Crippen LogP contribution >= 0.6 is 11.6 Å². The molecule has 0 spiro atoms. The molecular formula is C25H33ClN2O3. The molecule has 0 atom stereocenters. The standard InChI is InChI=1S/C25H33ClN2O3/c1-17(2)28(18(3)4)13-14-31-24-16-21(9-11-23(24)30-6)27-25(29)12-8-20-7-10-22(26)19(5)15-20/h7-12,15-18H,13-14H2,1-6H3,(H,27,29). The van der Waals surface area contributed by atoms with E-state index in [2.05, 4.69) is 37.9 Å². The lowest BCUT2D eigenvalue weighted by Crippen LogP contribution is -2.39. The third-order valence-electron chi connectivity index (χ3n) is 4.97. The van der Waals surface area contributed by atoms with Crippen molar-refractivity contribution in [2.24, 2.45) is 0 Å². The second kappa shape index (κ2) is 11.8. The maximum atomic E-state index is 12.4. The summed E-state index contributed by atoms with van der Waals surface area (Å²) in [6, 6.07) is 11.9. The summed E-state index contributed by atoms with van der Waals surface area (Å²) in [5.74, 6) is 1.01. The third-order valence-corrected chi connectivity index (χ3v) is 5.40. The number of methoxy groups -OCH3 is 1. The van der Waals surface area contributed by atoms with E-state index in [1.807, 2.05) is 25.1 Å². The van der Waals surface area contributed by atoms with E-state index < -0.39 is 0 Å². The molecule has 5 nitrogen and oxygen atoms in total. The van der Waals surface area contributed by atoms with E-state index in [-0.39, 0.29) is 5.91 Å². The number of hydrogen-bond donors (Lipinski definition) is 1. The second-order valence-electron chi connectivity index (χ2n) is 7.97. The zero-order valence-electron chi connectivity index (χ0n) is 19.2. The minimum Gasteiger partial charge on any atom is -0.493 e. The van der Waals surface area contributed by atoms with Crippen molar-refractivity contribution in [3.8, 4) is 11.5 Å². The lowest BCUT2D eigenvalue weighted by atomic mass is 10.1. The van der Waals surface area contributed by atoms with Gasteiger partial charge < -0.3 is 14.8 Å². The largest absolute Gasteiger partial charge is 0.493 e. The summed E-state index contributed by atoms with van der Waals surface area (Å²) >= 11 is 6.05. The van der Waals surface area contributed by atoms with Crippen molar-refractivity contribution >= 4 is 29.3 Å². The highest BCUT2D eigenvalue weighted by Crippen LogP contribution is 2.30. The van der Waals surface area contributed by atoms with Gasteiger partial charge in [-0.1, -0.05) is 23.7 Å². The van der Waals surface area contributed by atoms with Gasteiger partial charge in [0.15, 0.2) is 11.5 Å². The Hall–Kier alpha value is -2.50. The average Bonchev–Trinajstić information content (AvgIpc) is 2.71. The molecule has 0 unspecified atom stereocenters. The van der Waals surface area contributed by atoms with Crippen molar-refractivity contribution in [1.29, 1.82) is 0 Å². The van der Waals surface area contributed by atoms with E-state index in [0.717, 1.165) is 17.7 Å². The molecule has 2 aromatic rings. The summed E-state index contributed by atoms with van der Waals surface area (Å²) in [4.78, 5) is 14.7. The number of nitrogens with one attached hydrogen (secondary N) is 1. The molecule has 0 aliphatic heterocycles. The lowest BCUT2D eigenvalue weighted by Gasteiger charge is -2.30. The van der Waals surface area contributed by atoms with E-state index in [1.165, 1.54) is 6.08 Å². The Morgan fingerprint density at radius 3 is 2.42 bits per heavy atom. The number of halogens is 1. The highest BCUT2D eigenvalue weighted by atomic mass is 35.5. The Balaban J connectivity index is 2.02. The highest BCUT2D eigenvalue weighted by molar-refractivity contribution is 6.31. The molecule has 0 radical (unpaired) electrons. The number of benzene rings is 2. The molecule has 0 aliphatic rings. The molecule has 1 N–H and O–H groups in total. The number of carbonyl (C=O) groups excluding carboxylic acids is 1. The maximum absolute atomic E-state index is 12.4. The van der Waals surface area contributed by atoms with Gasteiger partial charge in [0.05, 0.1) is 7.11 Å². The average molecular weight is 445 g/mol. The van der Waals surface area contributed by atoms with Gasteiger partial charge >= 0.3 is 0 Å². The molecule has 31 heavy (non-hydrogen) atoms. The summed E-state index contributed by atoms with van der Waals surface area (Å²) in [6.07, 6.45) is 3.25. The highest BCUT2D eigenvalue weighted by Gasteiger charge is 2.14. The first-order valence-electron chi connectivity index (χ1n) is 10.5. The molecular weight excluding hydrogens is 412 g/mol. The minimum atomic E-state index is -0.227. The zero-order valence-corrected chi connectivity index (χ0v) is 20.0. The number of hydrogen-bond acceptors (Lipinski definition) is 4. The molecule has 2 rings (SSSR count). The van der Waals surface area contributed by atoms with Crippen molar-refractivity contribution < 1.29 is 14.3 Å². The molecule has 1 amide bonds. The summed E-state index contributed by atoms with van der Waals surface area (Å²) in [6.45, 7) is 12.0. The van der Waals surface area contributed by atoms with Crippen LogP contribution in [-0.2, 0) is 4.79 Å². The molecule has 0 fully saturated rings. The van der Waals surface area contributed by atoms with Gasteiger partial charge in [-0.15, -0.1) is 0 Å². The van der Waals surface area contributed by atoms with Crippen LogP contribution in [0.4, 0.5) is 5.69 Å². The van der Waals surface area contributed by atoms with Crippen LogP contribution in [0.2, 0.25) is 5.02 Å². The number of amides is 1. The summed E-state index contributed by atoms with van der Waals surface area (Å²) in [5.41, 5.74) is 2.52. The van der Waals surface area contributed by atoms with Crippen LogP contribution in [0.5, 0.6) is 11.5 Å². The molecule has 6 heteroatoms. The van der Waals surface area contributed by atoms with Crippen LogP contribution in [0.25, 0.3) is 6.08 Å². The fourth-order valence-electron chi connectivity index (χ4n) is 3.37. The van der Waals surface area contributed by atoms with Gasteiger partial charge in [-0.3, -0.25) is 9.69 Å². The third kappa shape index (κ3) is 7.60. The Bertz CT molecular complexity index is 902. The lowest BCUT2D eigenvalue weighted by molar-refractivity contribution is -0.111. The van der Waals surface area contributed by atoms with Crippen molar-refractivity contribution in [3.05, 3.63) is 58.6 Å². The predicted octanol–water partition coefficient (Wildman–Crippen LogP) is 5.81. The molecule has 0 saturated carbocycles. The van der Waals surface area contributed by atoms with Crippen LogP contribution in [0.15, 0.2) is 42.5 Å². The van der Waals surface area contributed by atoms with Gasteiger partial charge in [-0.25, -0.2) is 0 Å². The molecule has 0 saturated heterocycles. The van der Waals surface area contributed by atoms with Crippen LogP contribution in [0.1, 0.15) is 38.8 Å². The monoisotopic (exact) mass is 444 g/mol. The summed E-state index contributed by atoms with van der Waals surface area (Å²) in [5, 5.41) is 3.57. The number of rotatable bonds is 10. The number of nitrogens with zero attached hydrogens (tertiary/aromatic N) is 1. The second-order valence-corrected chi connectivity index (χ2v) is 8.38. The first-order chi connectivity index (χ1) is 14.7. The Morgan fingerprint density at radius 2 is 1.81 bits per heavy atom. The van der Waals surface area contributed by atoms with Gasteiger partial charge in [-0.05, 0) is 70.0 Å². The number of aryl methyl sites for hydroxylation is 1. The van der Waals surface area contributed by atoms with Gasteiger partial charge in [0.2, 0.25) is 5.91 Å². The Morgan fingerprint density at radius 1 is 1.10 bits per heavy atom. The fraction of sp³-hybridized carbons (Fsp3) is 0.400. The summed E-state index contributed by atoms with van der Waals surface area (Å²) in [7, 11) is 1.60. The van der Waals surface area contributed by atoms with Crippen LogP contribution in [0.3, 0.4) is 0 Å². The Kier molecular flexibility index (Phi) is 9.41. The smallest absolute Gasteiger partial charge is 0.248 e. The van der Waals surface area contributed by atoms with E-state index in [0.29, 0.717) is 40.9 Å². The van der Waals surface area contributed by atoms with Crippen LogP contribution in [-0.4, -0.2) is 43.2 Å². The van der Waals surface area contributed by atoms with Gasteiger partial charge in [0.25, 0.3) is 0 Å². The predicted molar refractivity (Wildman–Crippen MR) is 129 cm³/mol. The van der Waals surface area contributed by atoms with E-state index in [9.17, 15) is 4.79 Å². The molecule has 0 heterocycles. The molecule has 0 aromatic heterocycles. The SMILES string of the molecule is COc1ccc(NC(=O)C=Cc2ccc(Cl)c(C)c2)cc1OCCN(C(C)C)C(C)C. The van der Waals surface area contributed by atoms with Crippen molar-refractivity contribution in [1.82, 2.24) is 4.90 Å². The first kappa shape index (κ1) is 24.8. The van der Waals surface area contributed by atoms with E-state index >= 15 is 0 Å². The van der Waals surface area contributed by atoms with Crippen LogP contribution in [0, 0.1) is 6.92 Å². The Labute approximate surface area is 191 Å². The van der Waals surface area contributed by atoms with Crippen molar-refractivity contribution in [2.75, 3.05) is 25.6 Å². The molecule has 2 aromatic carbocycles. The number of anilines is 1. The zero-order chi connectivity index (χ0) is 23.0. The van der Waals surface area contributed by atoms with Gasteiger partial charge in [0, 0.05) is 41.5 Å². The van der Waals surface area contributed by atoms with E-state index in [4.69, 9.17) is 21.1 Å². The van der Waals surface area contributed by atoms with Crippen molar-refractivity contribution in [2.45, 2.75) is 46.7 Å². The molecule has 0 aliphatic carbocycles. The van der Waals surface area contributed by atoms with Crippen molar-refractivity contribution in [3.63, 3.8) is 0 Å². The summed E-state index contributed by atoms with van der Waals surface area (Å²) < 4.78 is 11.4. The molecule has 0 bridgehead atoms. The minimum absolute atomic E-state index is 0.227. The van der Waals surface area contributed by atoms with Gasteiger partial charge in [0.1, 0.15) is 6.61 Å². The fourth-order valence-corrected chi connectivity index (χ4v) is 3.49. The number of ether oxygens (including phenoxy) is 2. The molecule has 168 valence electrons. The number of carbonyl (C=O) groups is 1. The van der Waals surface area contributed by atoms with Gasteiger partial charge in [-0.2, -0.15) is 0 Å². The van der Waals surface area contributed by atoms with E-state index in [1.54, 1.807) is 31.4 Å². The maximum Gasteiger partial charge on any atom is 0.248 e. The quantitative estimate of drug-likeness (QED) is 0.470. The topological polar surface area (TPSA) is 50.8 Å². The van der Waals surface area contributed by atoms with Crippen LogP contribution < -0.4 is 14.8 Å².